The number of aromatic carboxylic acids is 1. The molecule has 3 aromatic rings. The monoisotopic (exact) mass is 391 g/mol. The van der Waals surface area contributed by atoms with Crippen molar-refractivity contribution in [2.75, 3.05) is 11.9 Å². The van der Waals surface area contributed by atoms with E-state index in [1.807, 2.05) is 6.92 Å². The van der Waals surface area contributed by atoms with Gasteiger partial charge in [0.2, 0.25) is 0 Å². The third-order valence-corrected chi connectivity index (χ3v) is 4.12. The highest BCUT2D eigenvalue weighted by Gasteiger charge is 2.08. The number of benzene rings is 3. The van der Waals surface area contributed by atoms with Crippen molar-refractivity contribution in [3.63, 3.8) is 0 Å². The van der Waals surface area contributed by atoms with Gasteiger partial charge in [-0.05, 0) is 73.2 Å². The van der Waals surface area contributed by atoms with Gasteiger partial charge < -0.3 is 19.9 Å². The smallest absolute Gasteiger partial charge is 0.335 e. The molecule has 0 bridgehead atoms. The van der Waals surface area contributed by atoms with Crippen molar-refractivity contribution in [2.45, 2.75) is 13.5 Å². The third-order valence-electron chi connectivity index (χ3n) is 4.12. The molecule has 3 aromatic carbocycles. The third kappa shape index (κ3) is 5.59. The fourth-order valence-electron chi connectivity index (χ4n) is 2.67. The van der Waals surface area contributed by atoms with E-state index in [0.717, 1.165) is 11.3 Å². The molecule has 0 aliphatic rings. The number of carbonyl (C=O) groups is 2. The zero-order chi connectivity index (χ0) is 20.6. The van der Waals surface area contributed by atoms with E-state index in [1.165, 1.54) is 6.07 Å². The Balaban J connectivity index is 1.57. The van der Waals surface area contributed by atoms with Crippen molar-refractivity contribution >= 4 is 17.6 Å². The quantitative estimate of drug-likeness (QED) is 0.585. The SMILES string of the molecule is CCOc1ccc(NC(=O)c2ccc(OCc3cccc(C(=O)O)c3)cc2)cc1. The molecule has 0 saturated heterocycles. The highest BCUT2D eigenvalue weighted by Crippen LogP contribution is 2.18. The van der Waals surface area contributed by atoms with Gasteiger partial charge in [0.05, 0.1) is 12.2 Å². The van der Waals surface area contributed by atoms with Crippen LogP contribution in [0.5, 0.6) is 11.5 Å². The van der Waals surface area contributed by atoms with Crippen LogP contribution in [0.1, 0.15) is 33.2 Å². The van der Waals surface area contributed by atoms with E-state index in [-0.39, 0.29) is 18.1 Å². The molecule has 0 aromatic heterocycles. The summed E-state index contributed by atoms with van der Waals surface area (Å²) in [7, 11) is 0. The first-order valence-corrected chi connectivity index (χ1v) is 9.14. The topological polar surface area (TPSA) is 84.9 Å². The van der Waals surface area contributed by atoms with Crippen molar-refractivity contribution in [1.29, 1.82) is 0 Å². The maximum Gasteiger partial charge on any atom is 0.335 e. The van der Waals surface area contributed by atoms with Gasteiger partial charge in [0.25, 0.3) is 5.91 Å². The first-order valence-electron chi connectivity index (χ1n) is 9.14. The molecule has 29 heavy (non-hydrogen) atoms. The van der Waals surface area contributed by atoms with E-state index in [0.29, 0.717) is 23.6 Å². The van der Waals surface area contributed by atoms with Crippen molar-refractivity contribution < 1.29 is 24.2 Å². The molecule has 0 atom stereocenters. The molecule has 1 amide bonds. The second kappa shape index (κ2) is 9.41. The summed E-state index contributed by atoms with van der Waals surface area (Å²) in [5, 5.41) is 11.9. The van der Waals surface area contributed by atoms with Crippen LogP contribution < -0.4 is 14.8 Å². The summed E-state index contributed by atoms with van der Waals surface area (Å²) in [5.74, 6) is 0.133. The van der Waals surface area contributed by atoms with Gasteiger partial charge >= 0.3 is 5.97 Å². The minimum atomic E-state index is -0.977. The Morgan fingerprint density at radius 2 is 1.52 bits per heavy atom. The Kier molecular flexibility index (Phi) is 6.47. The summed E-state index contributed by atoms with van der Waals surface area (Å²) in [6.07, 6.45) is 0. The number of carboxylic acids is 1. The van der Waals surface area contributed by atoms with Crippen molar-refractivity contribution in [3.05, 3.63) is 89.5 Å². The standard InChI is InChI=1S/C23H21NO5/c1-2-28-20-12-8-19(9-13-20)24-22(25)17-6-10-21(11-7-17)29-15-16-4-3-5-18(14-16)23(26)27/h3-14H,2,15H2,1H3,(H,24,25)(H,26,27). The molecule has 148 valence electrons. The van der Waals surface area contributed by atoms with Crippen molar-refractivity contribution in [3.8, 4) is 11.5 Å². The van der Waals surface area contributed by atoms with Gasteiger partial charge in [-0.25, -0.2) is 4.79 Å². The van der Waals surface area contributed by atoms with E-state index in [9.17, 15) is 9.59 Å². The van der Waals surface area contributed by atoms with Crippen LogP contribution >= 0.6 is 0 Å². The van der Waals surface area contributed by atoms with Crippen molar-refractivity contribution in [2.24, 2.45) is 0 Å². The van der Waals surface area contributed by atoms with Crippen LogP contribution in [-0.4, -0.2) is 23.6 Å². The first kappa shape index (κ1) is 19.9. The minimum absolute atomic E-state index is 0.215. The van der Waals surface area contributed by atoms with Gasteiger partial charge in [-0.15, -0.1) is 0 Å². The maximum atomic E-state index is 12.4. The second-order valence-corrected chi connectivity index (χ2v) is 6.23. The molecule has 0 radical (unpaired) electrons. The van der Waals surface area contributed by atoms with E-state index < -0.39 is 5.97 Å². The van der Waals surface area contributed by atoms with Crippen molar-refractivity contribution in [1.82, 2.24) is 0 Å². The highest BCUT2D eigenvalue weighted by atomic mass is 16.5. The first-order chi connectivity index (χ1) is 14.0. The molecule has 0 aliphatic carbocycles. The summed E-state index contributed by atoms with van der Waals surface area (Å²) < 4.78 is 11.1. The van der Waals surface area contributed by atoms with Gasteiger partial charge in [0.15, 0.2) is 0 Å². The summed E-state index contributed by atoms with van der Waals surface area (Å²) >= 11 is 0. The zero-order valence-electron chi connectivity index (χ0n) is 15.9. The molecule has 0 saturated carbocycles. The van der Waals surface area contributed by atoms with Crippen LogP contribution in [0.4, 0.5) is 5.69 Å². The summed E-state index contributed by atoms with van der Waals surface area (Å²) in [6.45, 7) is 2.74. The van der Waals surface area contributed by atoms with Gasteiger partial charge in [0, 0.05) is 11.3 Å². The van der Waals surface area contributed by atoms with Gasteiger partial charge in [0.1, 0.15) is 18.1 Å². The van der Waals surface area contributed by atoms with Crippen LogP contribution in [0.3, 0.4) is 0 Å². The Morgan fingerprint density at radius 1 is 0.862 bits per heavy atom. The molecule has 6 nitrogen and oxygen atoms in total. The van der Waals surface area contributed by atoms with Crippen LogP contribution in [0.25, 0.3) is 0 Å². The average molecular weight is 391 g/mol. The van der Waals surface area contributed by atoms with Gasteiger partial charge in [-0.1, -0.05) is 12.1 Å². The van der Waals surface area contributed by atoms with Gasteiger partial charge in [-0.2, -0.15) is 0 Å². The van der Waals surface area contributed by atoms with E-state index >= 15 is 0 Å². The number of anilines is 1. The van der Waals surface area contributed by atoms with E-state index in [1.54, 1.807) is 66.7 Å². The molecule has 0 heterocycles. The number of carbonyl (C=O) groups excluding carboxylic acids is 1. The highest BCUT2D eigenvalue weighted by molar-refractivity contribution is 6.04. The van der Waals surface area contributed by atoms with Crippen LogP contribution in [0, 0.1) is 0 Å². The Labute approximate surface area is 168 Å². The molecule has 3 rings (SSSR count). The number of nitrogens with one attached hydrogen (secondary N) is 1. The summed E-state index contributed by atoms with van der Waals surface area (Å²) in [4.78, 5) is 23.4. The molecule has 0 spiro atoms. The predicted molar refractivity (Wildman–Crippen MR) is 110 cm³/mol. The number of hydrogen-bond donors (Lipinski definition) is 2. The molecular weight excluding hydrogens is 370 g/mol. The van der Waals surface area contributed by atoms with Gasteiger partial charge in [-0.3, -0.25) is 4.79 Å². The lowest BCUT2D eigenvalue weighted by molar-refractivity contribution is 0.0696. The molecule has 2 N–H and O–H groups in total. The lowest BCUT2D eigenvalue weighted by Gasteiger charge is -2.09. The second-order valence-electron chi connectivity index (χ2n) is 6.23. The van der Waals surface area contributed by atoms with E-state index in [4.69, 9.17) is 14.6 Å². The number of rotatable bonds is 8. The molecule has 6 heteroatoms. The fraction of sp³-hybridized carbons (Fsp3) is 0.130. The van der Waals surface area contributed by atoms with E-state index in [2.05, 4.69) is 5.32 Å². The Bertz CT molecular complexity index is 981. The minimum Gasteiger partial charge on any atom is -0.494 e. The van der Waals surface area contributed by atoms with Crippen LogP contribution in [-0.2, 0) is 6.61 Å². The number of carboxylic acid groups (broad SMARTS) is 1. The Hall–Kier alpha value is -3.80. The predicted octanol–water partition coefficient (Wildman–Crippen LogP) is 4.61. The lowest BCUT2D eigenvalue weighted by atomic mass is 10.1. The lowest BCUT2D eigenvalue weighted by Crippen LogP contribution is -2.11. The maximum absolute atomic E-state index is 12.4. The van der Waals surface area contributed by atoms with Crippen LogP contribution in [0.2, 0.25) is 0 Å². The summed E-state index contributed by atoms with van der Waals surface area (Å²) in [5.41, 5.74) is 2.14. The normalized spacial score (nSPS) is 10.2. The molecular formula is C23H21NO5. The van der Waals surface area contributed by atoms with Crippen LogP contribution in [0.15, 0.2) is 72.8 Å². The Morgan fingerprint density at radius 3 is 2.17 bits per heavy atom. The molecule has 0 aliphatic heterocycles. The zero-order valence-corrected chi connectivity index (χ0v) is 15.9. The molecule has 0 fully saturated rings. The number of ether oxygens (including phenoxy) is 2. The summed E-state index contributed by atoms with van der Waals surface area (Å²) in [6, 6.07) is 20.5. The largest absolute Gasteiger partial charge is 0.494 e. The number of hydrogen-bond acceptors (Lipinski definition) is 4. The number of amides is 1. The fourth-order valence-corrected chi connectivity index (χ4v) is 2.67. The molecule has 0 unspecified atom stereocenters. The average Bonchev–Trinajstić information content (AvgIpc) is 2.74.